The highest BCUT2D eigenvalue weighted by Crippen LogP contribution is 2.22. The molecule has 0 saturated heterocycles. The average Bonchev–Trinajstić information content (AvgIpc) is 2.84. The van der Waals surface area contributed by atoms with Crippen LogP contribution in [0.25, 0.3) is 22.4 Å². The molecule has 90 valence electrons. The minimum absolute atomic E-state index is 0.330. The zero-order chi connectivity index (χ0) is 12.5. The van der Waals surface area contributed by atoms with E-state index in [-0.39, 0.29) is 5.82 Å². The number of aromatic amines is 1. The van der Waals surface area contributed by atoms with Gasteiger partial charge in [-0.1, -0.05) is 6.07 Å². The van der Waals surface area contributed by atoms with E-state index in [1.807, 2.05) is 12.1 Å². The van der Waals surface area contributed by atoms with E-state index in [4.69, 9.17) is 5.73 Å². The molecule has 0 spiro atoms. The van der Waals surface area contributed by atoms with Crippen molar-refractivity contribution in [3.8, 4) is 11.4 Å². The van der Waals surface area contributed by atoms with Gasteiger partial charge in [0.2, 0.25) is 0 Å². The summed E-state index contributed by atoms with van der Waals surface area (Å²) in [6.07, 6.45) is 1.67. The number of hydrogen-bond donors (Lipinski definition) is 2. The molecule has 0 amide bonds. The van der Waals surface area contributed by atoms with Gasteiger partial charge in [-0.2, -0.15) is 0 Å². The van der Waals surface area contributed by atoms with E-state index in [2.05, 4.69) is 15.0 Å². The lowest BCUT2D eigenvalue weighted by atomic mass is 10.2. The van der Waals surface area contributed by atoms with E-state index in [1.54, 1.807) is 18.3 Å². The van der Waals surface area contributed by atoms with Crippen molar-refractivity contribution >= 4 is 11.0 Å². The Kier molecular flexibility index (Phi) is 2.53. The maximum Gasteiger partial charge on any atom is 0.151 e. The van der Waals surface area contributed by atoms with E-state index >= 15 is 0 Å². The largest absolute Gasteiger partial charge is 0.338 e. The molecule has 0 saturated carbocycles. The summed E-state index contributed by atoms with van der Waals surface area (Å²) >= 11 is 0. The summed E-state index contributed by atoms with van der Waals surface area (Å²) in [5, 5.41) is 0. The number of nitrogens with one attached hydrogen (secondary N) is 1. The smallest absolute Gasteiger partial charge is 0.151 e. The molecule has 0 aliphatic carbocycles. The molecule has 18 heavy (non-hydrogen) atoms. The van der Waals surface area contributed by atoms with Crippen LogP contribution in [0.5, 0.6) is 0 Å². The number of hydrogen-bond acceptors (Lipinski definition) is 3. The number of pyridine rings is 1. The quantitative estimate of drug-likeness (QED) is 0.724. The van der Waals surface area contributed by atoms with Gasteiger partial charge >= 0.3 is 0 Å². The average molecular weight is 242 g/mol. The van der Waals surface area contributed by atoms with Gasteiger partial charge in [0.25, 0.3) is 0 Å². The van der Waals surface area contributed by atoms with E-state index in [9.17, 15) is 4.39 Å². The Morgan fingerprint density at radius 1 is 1.28 bits per heavy atom. The molecule has 0 bridgehead atoms. The fraction of sp³-hybridized carbons (Fsp3) is 0.0769. The van der Waals surface area contributed by atoms with Crippen LogP contribution in [0, 0.1) is 5.82 Å². The van der Waals surface area contributed by atoms with Crippen molar-refractivity contribution in [3.63, 3.8) is 0 Å². The monoisotopic (exact) mass is 242 g/mol. The molecule has 3 aromatic rings. The van der Waals surface area contributed by atoms with Gasteiger partial charge in [0, 0.05) is 18.3 Å². The number of nitrogens with two attached hydrogens (primary N) is 1. The Bertz CT molecular complexity index is 705. The number of imidazole rings is 1. The van der Waals surface area contributed by atoms with Crippen LogP contribution in [0.15, 0.2) is 36.5 Å². The minimum atomic E-state index is -0.330. The fourth-order valence-electron chi connectivity index (χ4n) is 1.87. The summed E-state index contributed by atoms with van der Waals surface area (Å²) in [7, 11) is 0. The van der Waals surface area contributed by atoms with E-state index in [0.717, 1.165) is 11.3 Å². The second-order valence-corrected chi connectivity index (χ2v) is 3.96. The molecule has 2 heterocycles. The fourth-order valence-corrected chi connectivity index (χ4v) is 1.87. The van der Waals surface area contributed by atoms with Gasteiger partial charge < -0.3 is 10.7 Å². The van der Waals surface area contributed by atoms with Gasteiger partial charge in [-0.25, -0.2) is 9.37 Å². The van der Waals surface area contributed by atoms with E-state index < -0.39 is 0 Å². The van der Waals surface area contributed by atoms with E-state index in [0.29, 0.717) is 23.4 Å². The molecule has 3 rings (SSSR count). The van der Waals surface area contributed by atoms with Crippen LogP contribution in [-0.4, -0.2) is 15.0 Å². The standard InChI is InChI=1S/C13H11FN4/c14-10-2-1-3-11-12(10)18-13(17-11)8-4-5-16-9(6-8)7-15/h1-6H,7,15H2,(H,17,18). The first-order chi connectivity index (χ1) is 8.78. The third-order valence-electron chi connectivity index (χ3n) is 2.76. The highest BCUT2D eigenvalue weighted by Gasteiger charge is 2.08. The number of aromatic nitrogens is 3. The van der Waals surface area contributed by atoms with Crippen molar-refractivity contribution in [2.45, 2.75) is 6.54 Å². The minimum Gasteiger partial charge on any atom is -0.338 e. The van der Waals surface area contributed by atoms with Crippen molar-refractivity contribution in [1.82, 2.24) is 15.0 Å². The summed E-state index contributed by atoms with van der Waals surface area (Å²) in [5.41, 5.74) is 8.19. The Hall–Kier alpha value is -2.27. The second kappa shape index (κ2) is 4.19. The molecule has 0 radical (unpaired) electrons. The third kappa shape index (κ3) is 1.74. The van der Waals surface area contributed by atoms with Crippen LogP contribution in [0.4, 0.5) is 4.39 Å². The molecule has 0 aliphatic rings. The number of para-hydroxylation sites is 1. The summed E-state index contributed by atoms with van der Waals surface area (Å²) in [5.74, 6) is 0.287. The number of benzene rings is 1. The Labute approximate surface area is 103 Å². The molecule has 4 nitrogen and oxygen atoms in total. The Morgan fingerprint density at radius 3 is 2.94 bits per heavy atom. The van der Waals surface area contributed by atoms with Crippen LogP contribution < -0.4 is 5.73 Å². The summed E-state index contributed by atoms with van der Waals surface area (Å²) in [6, 6.07) is 8.49. The zero-order valence-electron chi connectivity index (χ0n) is 9.52. The molecule has 0 atom stereocenters. The molecule has 2 aromatic heterocycles. The molecule has 0 unspecified atom stereocenters. The van der Waals surface area contributed by atoms with Crippen molar-refractivity contribution < 1.29 is 4.39 Å². The van der Waals surface area contributed by atoms with Crippen LogP contribution in [-0.2, 0) is 6.54 Å². The summed E-state index contributed by atoms with van der Waals surface area (Å²) < 4.78 is 13.5. The van der Waals surface area contributed by atoms with E-state index in [1.165, 1.54) is 6.07 Å². The first-order valence-electron chi connectivity index (χ1n) is 5.57. The number of halogens is 1. The topological polar surface area (TPSA) is 67.6 Å². The van der Waals surface area contributed by atoms with Crippen LogP contribution in [0.3, 0.4) is 0 Å². The van der Waals surface area contributed by atoms with Gasteiger partial charge in [-0.05, 0) is 24.3 Å². The lowest BCUT2D eigenvalue weighted by molar-refractivity contribution is 0.637. The van der Waals surface area contributed by atoms with Gasteiger partial charge in [-0.15, -0.1) is 0 Å². The Balaban J connectivity index is 2.16. The SMILES string of the molecule is NCc1cc(-c2nc3c(F)cccc3[nH]2)ccn1. The zero-order valence-corrected chi connectivity index (χ0v) is 9.52. The molecule has 0 aliphatic heterocycles. The molecule has 3 N–H and O–H groups in total. The van der Waals surface area contributed by atoms with Crippen LogP contribution in [0.2, 0.25) is 0 Å². The molecule has 0 fully saturated rings. The van der Waals surface area contributed by atoms with Gasteiger partial charge in [-0.3, -0.25) is 4.98 Å². The highest BCUT2D eigenvalue weighted by atomic mass is 19.1. The number of fused-ring (bicyclic) bond motifs is 1. The number of rotatable bonds is 2. The highest BCUT2D eigenvalue weighted by molar-refractivity contribution is 5.79. The van der Waals surface area contributed by atoms with Crippen molar-refractivity contribution in [2.24, 2.45) is 5.73 Å². The van der Waals surface area contributed by atoms with Crippen LogP contribution in [0.1, 0.15) is 5.69 Å². The molecule has 5 heteroatoms. The van der Waals surface area contributed by atoms with Crippen LogP contribution >= 0.6 is 0 Å². The first-order valence-corrected chi connectivity index (χ1v) is 5.57. The normalized spacial score (nSPS) is 11.0. The Morgan fingerprint density at radius 2 is 2.17 bits per heavy atom. The molecule has 1 aromatic carbocycles. The van der Waals surface area contributed by atoms with Gasteiger partial charge in [0.15, 0.2) is 5.82 Å². The van der Waals surface area contributed by atoms with Crippen molar-refractivity contribution in [2.75, 3.05) is 0 Å². The maximum atomic E-state index is 13.5. The van der Waals surface area contributed by atoms with Crippen molar-refractivity contribution in [3.05, 3.63) is 48.0 Å². The number of nitrogens with zero attached hydrogens (tertiary/aromatic N) is 2. The summed E-state index contributed by atoms with van der Waals surface area (Å²) in [4.78, 5) is 11.5. The number of H-pyrrole nitrogens is 1. The molecular weight excluding hydrogens is 231 g/mol. The summed E-state index contributed by atoms with van der Waals surface area (Å²) in [6.45, 7) is 0.364. The van der Waals surface area contributed by atoms with Crippen molar-refractivity contribution in [1.29, 1.82) is 0 Å². The first kappa shape index (κ1) is 10.9. The lowest BCUT2D eigenvalue weighted by Crippen LogP contribution is -1.99. The third-order valence-corrected chi connectivity index (χ3v) is 2.76. The molecular formula is C13H11FN4. The predicted molar refractivity (Wildman–Crippen MR) is 67.2 cm³/mol. The maximum absolute atomic E-state index is 13.5. The second-order valence-electron chi connectivity index (χ2n) is 3.96. The van der Waals surface area contributed by atoms with Gasteiger partial charge in [0.1, 0.15) is 11.3 Å². The lowest BCUT2D eigenvalue weighted by Gasteiger charge is -1.99. The predicted octanol–water partition coefficient (Wildman–Crippen LogP) is 2.22. The van der Waals surface area contributed by atoms with Gasteiger partial charge in [0.05, 0.1) is 11.2 Å².